The van der Waals surface area contributed by atoms with E-state index in [1.54, 1.807) is 6.21 Å². The number of carbonyl (C=O) groups excluding carboxylic acids is 1. The molecule has 0 aliphatic carbocycles. The number of ether oxygens (including phenoxy) is 1. The molecule has 0 atom stereocenters. The lowest BCUT2D eigenvalue weighted by atomic mass is 10.1. The van der Waals surface area contributed by atoms with Gasteiger partial charge in [0.1, 0.15) is 12.4 Å². The molecular formula is C26H21Br2N3O2. The van der Waals surface area contributed by atoms with E-state index in [1.807, 2.05) is 84.9 Å². The highest BCUT2D eigenvalue weighted by Gasteiger charge is 2.05. The van der Waals surface area contributed by atoms with Gasteiger partial charge in [0.15, 0.2) is 0 Å². The molecule has 0 saturated heterocycles. The Morgan fingerprint density at radius 1 is 0.939 bits per heavy atom. The Hall–Kier alpha value is -3.16. The van der Waals surface area contributed by atoms with Crippen LogP contribution in [0.25, 0.3) is 10.8 Å². The SMILES string of the molecule is O=C(CNc1cccc2ccccc12)N/N=C\c1ccc(OCc2ccc(Br)cc2)c(Br)c1. The average molecular weight is 567 g/mol. The first-order valence-corrected chi connectivity index (χ1v) is 11.9. The van der Waals surface area contributed by atoms with Crippen LogP contribution in [-0.2, 0) is 11.4 Å². The number of benzene rings is 4. The highest BCUT2D eigenvalue weighted by molar-refractivity contribution is 9.10. The van der Waals surface area contributed by atoms with E-state index in [1.165, 1.54) is 0 Å². The van der Waals surface area contributed by atoms with Crippen LogP contribution in [0.2, 0.25) is 0 Å². The van der Waals surface area contributed by atoms with Gasteiger partial charge in [-0.15, -0.1) is 0 Å². The molecule has 33 heavy (non-hydrogen) atoms. The first-order valence-electron chi connectivity index (χ1n) is 10.3. The molecule has 0 heterocycles. The fourth-order valence-electron chi connectivity index (χ4n) is 3.23. The van der Waals surface area contributed by atoms with Crippen LogP contribution in [-0.4, -0.2) is 18.7 Å². The Bertz CT molecular complexity index is 1290. The van der Waals surface area contributed by atoms with Crippen LogP contribution in [0.5, 0.6) is 5.75 Å². The molecule has 0 fully saturated rings. The number of carbonyl (C=O) groups is 1. The van der Waals surface area contributed by atoms with Crippen molar-refractivity contribution in [2.45, 2.75) is 6.61 Å². The Balaban J connectivity index is 1.28. The van der Waals surface area contributed by atoms with Gasteiger partial charge in [0.25, 0.3) is 5.91 Å². The summed E-state index contributed by atoms with van der Waals surface area (Å²) >= 11 is 6.96. The zero-order chi connectivity index (χ0) is 23.0. The standard InChI is InChI=1S/C26H21Br2N3O2/c27-21-11-8-18(9-12-21)17-33-25-13-10-19(14-23(25)28)15-30-31-26(32)16-29-24-7-3-5-20-4-1-2-6-22(20)24/h1-15,29H,16-17H2,(H,31,32)/b30-15-. The normalized spacial score (nSPS) is 11.0. The summed E-state index contributed by atoms with van der Waals surface area (Å²) < 4.78 is 7.73. The Morgan fingerprint density at radius 3 is 2.55 bits per heavy atom. The van der Waals surface area contributed by atoms with E-state index in [0.717, 1.165) is 42.3 Å². The topological polar surface area (TPSA) is 62.7 Å². The molecule has 0 saturated carbocycles. The second-order valence-electron chi connectivity index (χ2n) is 7.28. The Morgan fingerprint density at radius 2 is 1.73 bits per heavy atom. The maximum Gasteiger partial charge on any atom is 0.259 e. The molecule has 4 aromatic carbocycles. The van der Waals surface area contributed by atoms with Crippen molar-refractivity contribution in [1.82, 2.24) is 5.43 Å². The van der Waals surface area contributed by atoms with E-state index in [4.69, 9.17) is 4.74 Å². The van der Waals surface area contributed by atoms with E-state index in [-0.39, 0.29) is 12.5 Å². The summed E-state index contributed by atoms with van der Waals surface area (Å²) in [5.41, 5.74) is 5.38. The minimum atomic E-state index is -0.229. The molecule has 7 heteroatoms. The van der Waals surface area contributed by atoms with E-state index in [0.29, 0.717) is 6.61 Å². The van der Waals surface area contributed by atoms with Crippen molar-refractivity contribution in [2.75, 3.05) is 11.9 Å². The summed E-state index contributed by atoms with van der Waals surface area (Å²) in [7, 11) is 0. The molecule has 5 nitrogen and oxygen atoms in total. The van der Waals surface area contributed by atoms with E-state index in [9.17, 15) is 4.79 Å². The average Bonchev–Trinajstić information content (AvgIpc) is 2.83. The van der Waals surface area contributed by atoms with E-state index >= 15 is 0 Å². The molecule has 2 N–H and O–H groups in total. The van der Waals surface area contributed by atoms with Crippen molar-refractivity contribution in [2.24, 2.45) is 5.10 Å². The summed E-state index contributed by atoms with van der Waals surface area (Å²) in [5.74, 6) is 0.506. The molecule has 4 aromatic rings. The number of anilines is 1. The van der Waals surface area contributed by atoms with Crippen molar-refractivity contribution in [3.8, 4) is 5.75 Å². The summed E-state index contributed by atoms with van der Waals surface area (Å²) in [6, 6.07) is 27.6. The first kappa shape index (κ1) is 23.0. The molecule has 166 valence electrons. The molecule has 0 radical (unpaired) electrons. The summed E-state index contributed by atoms with van der Waals surface area (Å²) in [6.45, 7) is 0.594. The maximum atomic E-state index is 12.2. The number of fused-ring (bicyclic) bond motifs is 1. The smallest absolute Gasteiger partial charge is 0.259 e. The zero-order valence-electron chi connectivity index (χ0n) is 17.6. The van der Waals surface area contributed by atoms with Gasteiger partial charge in [-0.05, 0) is 68.8 Å². The van der Waals surface area contributed by atoms with Crippen LogP contribution in [0.15, 0.2) is 99.0 Å². The highest BCUT2D eigenvalue weighted by Crippen LogP contribution is 2.26. The van der Waals surface area contributed by atoms with Gasteiger partial charge in [-0.2, -0.15) is 5.10 Å². The van der Waals surface area contributed by atoms with Gasteiger partial charge in [-0.3, -0.25) is 4.79 Å². The third-order valence-corrected chi connectivity index (χ3v) is 6.04. The first-order chi connectivity index (χ1) is 16.1. The molecule has 0 spiro atoms. The number of hydrogen-bond acceptors (Lipinski definition) is 4. The number of amides is 1. The Kier molecular flexibility index (Phi) is 7.75. The number of rotatable bonds is 8. The van der Waals surface area contributed by atoms with E-state index in [2.05, 4.69) is 47.7 Å². The highest BCUT2D eigenvalue weighted by atomic mass is 79.9. The molecule has 0 aromatic heterocycles. The summed E-state index contributed by atoms with van der Waals surface area (Å²) in [4.78, 5) is 12.2. The van der Waals surface area contributed by atoms with Gasteiger partial charge in [0.2, 0.25) is 0 Å². The maximum absolute atomic E-state index is 12.2. The lowest BCUT2D eigenvalue weighted by molar-refractivity contribution is -0.119. The van der Waals surface area contributed by atoms with Crippen LogP contribution >= 0.6 is 31.9 Å². The molecule has 0 unspecified atom stereocenters. The van der Waals surface area contributed by atoms with Gasteiger partial charge in [0, 0.05) is 15.5 Å². The van der Waals surface area contributed by atoms with E-state index < -0.39 is 0 Å². The number of hydrazone groups is 1. The number of nitrogens with one attached hydrogen (secondary N) is 2. The molecule has 0 bridgehead atoms. The van der Waals surface area contributed by atoms with Gasteiger partial charge in [-0.1, -0.05) is 64.5 Å². The van der Waals surface area contributed by atoms with Crippen molar-refractivity contribution in [3.05, 3.63) is 105 Å². The van der Waals surface area contributed by atoms with Crippen molar-refractivity contribution >= 4 is 60.4 Å². The predicted octanol–water partition coefficient (Wildman–Crippen LogP) is 6.51. The summed E-state index contributed by atoms with van der Waals surface area (Å²) in [6.07, 6.45) is 1.60. The molecule has 0 aliphatic heterocycles. The minimum absolute atomic E-state index is 0.123. The molecule has 1 amide bonds. The van der Waals surface area contributed by atoms with Crippen LogP contribution < -0.4 is 15.5 Å². The largest absolute Gasteiger partial charge is 0.488 e. The number of nitrogens with zero attached hydrogens (tertiary/aromatic N) is 1. The molecule has 4 rings (SSSR count). The van der Waals surface area contributed by atoms with Crippen LogP contribution in [0.4, 0.5) is 5.69 Å². The van der Waals surface area contributed by atoms with Gasteiger partial charge in [0.05, 0.1) is 17.2 Å². The lowest BCUT2D eigenvalue weighted by Gasteiger charge is -2.09. The fraction of sp³-hybridized carbons (Fsp3) is 0.0769. The predicted molar refractivity (Wildman–Crippen MR) is 141 cm³/mol. The van der Waals surface area contributed by atoms with Gasteiger partial charge in [-0.25, -0.2) is 5.43 Å². The second kappa shape index (κ2) is 11.1. The van der Waals surface area contributed by atoms with Gasteiger partial charge < -0.3 is 10.1 Å². The molecular weight excluding hydrogens is 546 g/mol. The Labute approximate surface area is 209 Å². The minimum Gasteiger partial charge on any atom is -0.488 e. The van der Waals surface area contributed by atoms with Crippen molar-refractivity contribution in [1.29, 1.82) is 0 Å². The summed E-state index contributed by atoms with van der Waals surface area (Å²) in [5, 5.41) is 9.42. The van der Waals surface area contributed by atoms with Gasteiger partial charge >= 0.3 is 0 Å². The van der Waals surface area contributed by atoms with Crippen LogP contribution in [0.1, 0.15) is 11.1 Å². The molecule has 0 aliphatic rings. The monoisotopic (exact) mass is 565 g/mol. The number of halogens is 2. The second-order valence-corrected chi connectivity index (χ2v) is 9.05. The quantitative estimate of drug-likeness (QED) is 0.189. The third kappa shape index (κ3) is 6.43. The van der Waals surface area contributed by atoms with Crippen molar-refractivity contribution < 1.29 is 9.53 Å². The van der Waals surface area contributed by atoms with Crippen molar-refractivity contribution in [3.63, 3.8) is 0 Å². The fourth-order valence-corrected chi connectivity index (χ4v) is 4.00. The lowest BCUT2D eigenvalue weighted by Crippen LogP contribution is -2.25. The van der Waals surface area contributed by atoms with Crippen LogP contribution in [0.3, 0.4) is 0 Å². The third-order valence-electron chi connectivity index (χ3n) is 4.90. The number of hydrogen-bond donors (Lipinski definition) is 2. The zero-order valence-corrected chi connectivity index (χ0v) is 20.8. The van der Waals surface area contributed by atoms with Crippen LogP contribution in [0, 0.1) is 0 Å².